The Labute approximate surface area is 117 Å². The molecule has 20 heavy (non-hydrogen) atoms. The van der Waals surface area contributed by atoms with Gasteiger partial charge < -0.3 is 14.6 Å². The Balaban J connectivity index is 1.50. The summed E-state index contributed by atoms with van der Waals surface area (Å²) < 4.78 is 11.0. The number of aromatic nitrogens is 3. The molecule has 3 heterocycles. The van der Waals surface area contributed by atoms with Gasteiger partial charge in [0, 0.05) is 18.0 Å². The Hall–Kier alpha value is -1.79. The topological polar surface area (TPSA) is 73.1 Å². The van der Waals surface area contributed by atoms with Crippen LogP contribution < -0.4 is 5.32 Å². The molecule has 0 unspecified atom stereocenters. The normalized spacial score (nSPS) is 16.4. The highest BCUT2D eigenvalue weighted by Crippen LogP contribution is 2.14. The number of hydrogen-bond acceptors (Lipinski definition) is 6. The van der Waals surface area contributed by atoms with E-state index in [1.807, 2.05) is 12.1 Å². The zero-order valence-corrected chi connectivity index (χ0v) is 11.3. The van der Waals surface area contributed by atoms with Gasteiger partial charge in [0.05, 0.1) is 19.1 Å². The van der Waals surface area contributed by atoms with Gasteiger partial charge in [0.1, 0.15) is 0 Å². The molecular formula is C14H18N4O2. The lowest BCUT2D eigenvalue weighted by Crippen LogP contribution is -2.32. The first kappa shape index (κ1) is 13.2. The number of rotatable bonds is 5. The van der Waals surface area contributed by atoms with Crippen molar-refractivity contribution in [2.24, 2.45) is 0 Å². The summed E-state index contributed by atoms with van der Waals surface area (Å²) in [6.07, 6.45) is 6.60. The largest absolute Gasteiger partial charge is 0.378 e. The minimum atomic E-state index is 0.358. The van der Waals surface area contributed by atoms with Crippen molar-refractivity contribution in [1.82, 2.24) is 20.4 Å². The first-order valence-electron chi connectivity index (χ1n) is 6.97. The summed E-state index contributed by atoms with van der Waals surface area (Å²) in [6, 6.07) is 3.76. The van der Waals surface area contributed by atoms with E-state index < -0.39 is 0 Å². The lowest BCUT2D eigenvalue weighted by molar-refractivity contribution is 0.0322. The van der Waals surface area contributed by atoms with Crippen LogP contribution >= 0.6 is 0 Å². The third-order valence-corrected chi connectivity index (χ3v) is 3.34. The molecule has 0 aliphatic carbocycles. The van der Waals surface area contributed by atoms with E-state index in [-0.39, 0.29) is 0 Å². The average Bonchev–Trinajstić information content (AvgIpc) is 2.98. The SMILES string of the molecule is c1cncc(-c2noc(CCOC3CCNCC3)n2)c1. The highest BCUT2D eigenvalue weighted by Gasteiger charge is 2.14. The van der Waals surface area contributed by atoms with Crippen LogP contribution in [0.5, 0.6) is 0 Å². The molecule has 1 saturated heterocycles. The van der Waals surface area contributed by atoms with Crippen molar-refractivity contribution in [1.29, 1.82) is 0 Å². The van der Waals surface area contributed by atoms with E-state index in [0.29, 0.717) is 30.8 Å². The molecule has 6 nitrogen and oxygen atoms in total. The Morgan fingerprint density at radius 2 is 2.25 bits per heavy atom. The standard InChI is InChI=1S/C14H18N4O2/c1-2-11(10-16-6-1)14-17-13(20-18-14)5-9-19-12-3-7-15-8-4-12/h1-2,6,10,12,15H,3-5,7-9H2. The maximum absolute atomic E-state index is 5.82. The molecule has 106 valence electrons. The molecule has 0 bridgehead atoms. The van der Waals surface area contributed by atoms with Crippen molar-refractivity contribution in [2.75, 3.05) is 19.7 Å². The highest BCUT2D eigenvalue weighted by molar-refractivity contribution is 5.51. The molecule has 1 aliphatic heterocycles. The summed E-state index contributed by atoms with van der Waals surface area (Å²) in [6.45, 7) is 2.70. The van der Waals surface area contributed by atoms with E-state index >= 15 is 0 Å². The van der Waals surface area contributed by atoms with Gasteiger partial charge in [-0.05, 0) is 38.1 Å². The van der Waals surface area contributed by atoms with E-state index in [4.69, 9.17) is 9.26 Å². The quantitative estimate of drug-likeness (QED) is 0.889. The van der Waals surface area contributed by atoms with Crippen molar-refractivity contribution in [3.63, 3.8) is 0 Å². The second kappa shape index (κ2) is 6.58. The second-order valence-corrected chi connectivity index (χ2v) is 4.82. The average molecular weight is 274 g/mol. The van der Waals surface area contributed by atoms with Crippen LogP contribution in [0.25, 0.3) is 11.4 Å². The highest BCUT2D eigenvalue weighted by atomic mass is 16.5. The lowest BCUT2D eigenvalue weighted by atomic mass is 10.1. The molecule has 1 N–H and O–H groups in total. The summed E-state index contributed by atoms with van der Waals surface area (Å²) >= 11 is 0. The van der Waals surface area contributed by atoms with Crippen molar-refractivity contribution < 1.29 is 9.26 Å². The monoisotopic (exact) mass is 274 g/mol. The number of hydrogen-bond donors (Lipinski definition) is 1. The fourth-order valence-corrected chi connectivity index (χ4v) is 2.24. The zero-order valence-electron chi connectivity index (χ0n) is 11.3. The summed E-state index contributed by atoms with van der Waals surface area (Å²) in [4.78, 5) is 8.39. The lowest BCUT2D eigenvalue weighted by Gasteiger charge is -2.22. The van der Waals surface area contributed by atoms with Crippen molar-refractivity contribution in [3.05, 3.63) is 30.4 Å². The Kier molecular flexibility index (Phi) is 4.35. The third kappa shape index (κ3) is 3.40. The molecule has 0 aromatic carbocycles. The fraction of sp³-hybridized carbons (Fsp3) is 0.500. The molecule has 2 aromatic rings. The van der Waals surface area contributed by atoms with Gasteiger partial charge in [-0.3, -0.25) is 4.98 Å². The molecule has 1 aliphatic rings. The zero-order chi connectivity index (χ0) is 13.6. The van der Waals surface area contributed by atoms with Gasteiger partial charge in [0.2, 0.25) is 11.7 Å². The third-order valence-electron chi connectivity index (χ3n) is 3.34. The summed E-state index contributed by atoms with van der Waals surface area (Å²) in [5.41, 5.74) is 0.863. The molecule has 3 rings (SSSR count). The van der Waals surface area contributed by atoms with Crippen LogP contribution in [0.1, 0.15) is 18.7 Å². The van der Waals surface area contributed by atoms with Crippen LogP contribution in [0.15, 0.2) is 29.0 Å². The van der Waals surface area contributed by atoms with E-state index in [1.165, 1.54) is 0 Å². The van der Waals surface area contributed by atoms with E-state index in [1.54, 1.807) is 12.4 Å². The molecule has 0 saturated carbocycles. The van der Waals surface area contributed by atoms with Gasteiger partial charge in [0.25, 0.3) is 0 Å². The van der Waals surface area contributed by atoms with E-state index in [0.717, 1.165) is 31.5 Å². The van der Waals surface area contributed by atoms with Crippen LogP contribution in [0.2, 0.25) is 0 Å². The van der Waals surface area contributed by atoms with Crippen LogP contribution in [0.4, 0.5) is 0 Å². The summed E-state index contributed by atoms with van der Waals surface area (Å²) in [5, 5.41) is 7.28. The Bertz CT molecular complexity index is 523. The first-order chi connectivity index (χ1) is 9.92. The van der Waals surface area contributed by atoms with Gasteiger partial charge in [-0.15, -0.1) is 0 Å². The predicted octanol–water partition coefficient (Wildman–Crippen LogP) is 1.44. The number of nitrogens with one attached hydrogen (secondary N) is 1. The Morgan fingerprint density at radius 3 is 3.05 bits per heavy atom. The minimum absolute atomic E-state index is 0.358. The maximum Gasteiger partial charge on any atom is 0.229 e. The summed E-state index contributed by atoms with van der Waals surface area (Å²) in [7, 11) is 0. The van der Waals surface area contributed by atoms with Crippen molar-refractivity contribution >= 4 is 0 Å². The molecule has 6 heteroatoms. The molecule has 2 aromatic heterocycles. The smallest absolute Gasteiger partial charge is 0.229 e. The second-order valence-electron chi connectivity index (χ2n) is 4.82. The van der Waals surface area contributed by atoms with E-state index in [2.05, 4.69) is 20.4 Å². The number of nitrogens with zero attached hydrogens (tertiary/aromatic N) is 3. The van der Waals surface area contributed by atoms with Gasteiger partial charge in [0.15, 0.2) is 0 Å². The van der Waals surface area contributed by atoms with Gasteiger partial charge >= 0.3 is 0 Å². The van der Waals surface area contributed by atoms with E-state index in [9.17, 15) is 0 Å². The molecule has 0 atom stereocenters. The van der Waals surface area contributed by atoms with Crippen LogP contribution in [0, 0.1) is 0 Å². The minimum Gasteiger partial charge on any atom is -0.378 e. The Morgan fingerprint density at radius 1 is 1.35 bits per heavy atom. The van der Waals surface area contributed by atoms with Gasteiger partial charge in [-0.2, -0.15) is 4.98 Å². The van der Waals surface area contributed by atoms with Crippen LogP contribution in [0.3, 0.4) is 0 Å². The predicted molar refractivity (Wildman–Crippen MR) is 73.1 cm³/mol. The molecule has 0 radical (unpaired) electrons. The maximum atomic E-state index is 5.82. The molecule has 0 spiro atoms. The van der Waals surface area contributed by atoms with Crippen LogP contribution in [-0.4, -0.2) is 40.9 Å². The number of piperidine rings is 1. The van der Waals surface area contributed by atoms with Gasteiger partial charge in [-0.25, -0.2) is 0 Å². The summed E-state index contributed by atoms with van der Waals surface area (Å²) in [5.74, 6) is 1.19. The molecule has 0 amide bonds. The van der Waals surface area contributed by atoms with Crippen LogP contribution in [-0.2, 0) is 11.2 Å². The van der Waals surface area contributed by atoms with Crippen molar-refractivity contribution in [2.45, 2.75) is 25.4 Å². The number of ether oxygens (including phenoxy) is 1. The van der Waals surface area contributed by atoms with Crippen molar-refractivity contribution in [3.8, 4) is 11.4 Å². The fourth-order valence-electron chi connectivity index (χ4n) is 2.24. The molecular weight excluding hydrogens is 256 g/mol. The van der Waals surface area contributed by atoms with Gasteiger partial charge in [-0.1, -0.05) is 5.16 Å². The molecule has 1 fully saturated rings. The first-order valence-corrected chi connectivity index (χ1v) is 6.97. The number of pyridine rings is 1.